The molecule has 25 heavy (non-hydrogen) atoms. The lowest BCUT2D eigenvalue weighted by Crippen LogP contribution is -2.45. The summed E-state index contributed by atoms with van der Waals surface area (Å²) in [5, 5.41) is 6.70. The van der Waals surface area contributed by atoms with Gasteiger partial charge in [0.25, 0.3) is 0 Å². The van der Waals surface area contributed by atoms with Crippen molar-refractivity contribution in [3.05, 3.63) is 0 Å². The Morgan fingerprint density at radius 3 is 2.92 bits per heavy atom. The van der Waals surface area contributed by atoms with Crippen molar-refractivity contribution in [2.24, 2.45) is 4.99 Å². The summed E-state index contributed by atoms with van der Waals surface area (Å²) in [7, 11) is 1.77. The molecule has 0 radical (unpaired) electrons. The van der Waals surface area contributed by atoms with Crippen LogP contribution >= 0.6 is 24.0 Å². The minimum atomic E-state index is 0. The van der Waals surface area contributed by atoms with E-state index >= 15 is 0 Å². The summed E-state index contributed by atoms with van der Waals surface area (Å²) in [5.41, 5.74) is 0. The Morgan fingerprint density at radius 1 is 1.40 bits per heavy atom. The lowest BCUT2D eigenvalue weighted by atomic mass is 10.2. The number of amides is 1. The Bertz CT molecular complexity index is 417. The van der Waals surface area contributed by atoms with Crippen molar-refractivity contribution in [2.75, 3.05) is 46.5 Å². The van der Waals surface area contributed by atoms with Crippen LogP contribution in [0, 0.1) is 0 Å². The molecule has 2 saturated heterocycles. The molecule has 0 spiro atoms. The predicted molar refractivity (Wildman–Crippen MR) is 110 cm³/mol. The topological polar surface area (TPSA) is 75.2 Å². The minimum Gasteiger partial charge on any atom is -0.379 e. The van der Waals surface area contributed by atoms with Crippen molar-refractivity contribution in [2.45, 2.75) is 51.2 Å². The normalized spacial score (nSPS) is 23.4. The van der Waals surface area contributed by atoms with Gasteiger partial charge in [-0.05, 0) is 25.7 Å². The summed E-state index contributed by atoms with van der Waals surface area (Å²) >= 11 is 0. The van der Waals surface area contributed by atoms with Gasteiger partial charge in [-0.3, -0.25) is 9.79 Å². The number of halogens is 1. The predicted octanol–water partition coefficient (Wildman–Crippen LogP) is 1.37. The number of rotatable bonds is 8. The van der Waals surface area contributed by atoms with Crippen LogP contribution < -0.4 is 10.6 Å². The maximum Gasteiger partial charge on any atom is 0.222 e. The van der Waals surface area contributed by atoms with E-state index in [0.29, 0.717) is 19.1 Å². The quantitative estimate of drug-likeness (QED) is 0.244. The fourth-order valence-electron chi connectivity index (χ4n) is 3.09. The Balaban J connectivity index is 0.00000312. The Hall–Kier alpha value is -0.610. The van der Waals surface area contributed by atoms with Crippen LogP contribution in [-0.2, 0) is 14.3 Å². The van der Waals surface area contributed by atoms with E-state index in [1.54, 1.807) is 7.05 Å². The van der Waals surface area contributed by atoms with E-state index < -0.39 is 0 Å². The number of carbonyl (C=O) groups is 1. The molecule has 2 unspecified atom stereocenters. The van der Waals surface area contributed by atoms with Crippen molar-refractivity contribution in [1.29, 1.82) is 0 Å². The molecular weight excluding hydrogens is 435 g/mol. The first kappa shape index (κ1) is 22.4. The van der Waals surface area contributed by atoms with E-state index in [9.17, 15) is 4.79 Å². The highest BCUT2D eigenvalue weighted by atomic mass is 127. The fraction of sp³-hybridized carbons (Fsp3) is 0.882. The number of ether oxygens (including phenoxy) is 2. The van der Waals surface area contributed by atoms with Crippen molar-refractivity contribution < 1.29 is 14.3 Å². The summed E-state index contributed by atoms with van der Waals surface area (Å²) in [6.45, 7) is 6.62. The molecule has 146 valence electrons. The Labute approximate surface area is 168 Å². The standard InChI is InChI=1S/C17H32N4O3.HI/c1-3-16(22)21-9-7-14(12-21)20-17(18-2)19-8-5-10-23-13-15-6-4-11-24-15;/h14-15H,3-13H2,1-2H3,(H2,18,19,20);1H. The Kier molecular flexibility index (Phi) is 11.4. The van der Waals surface area contributed by atoms with Crippen LogP contribution in [0.25, 0.3) is 0 Å². The van der Waals surface area contributed by atoms with Gasteiger partial charge in [-0.2, -0.15) is 0 Å². The number of nitrogens with one attached hydrogen (secondary N) is 2. The van der Waals surface area contributed by atoms with Crippen molar-refractivity contribution in [3.63, 3.8) is 0 Å². The molecule has 2 atom stereocenters. The largest absolute Gasteiger partial charge is 0.379 e. The second-order valence-corrected chi connectivity index (χ2v) is 6.39. The van der Waals surface area contributed by atoms with E-state index in [1.165, 1.54) is 0 Å². The number of hydrogen-bond acceptors (Lipinski definition) is 4. The Morgan fingerprint density at radius 2 is 2.24 bits per heavy atom. The van der Waals surface area contributed by atoms with Gasteiger partial charge in [-0.1, -0.05) is 6.92 Å². The highest BCUT2D eigenvalue weighted by Gasteiger charge is 2.25. The van der Waals surface area contributed by atoms with Crippen LogP contribution in [0.5, 0.6) is 0 Å². The maximum atomic E-state index is 11.7. The smallest absolute Gasteiger partial charge is 0.222 e. The summed E-state index contributed by atoms with van der Waals surface area (Å²) < 4.78 is 11.2. The van der Waals surface area contributed by atoms with E-state index in [-0.39, 0.29) is 35.9 Å². The van der Waals surface area contributed by atoms with Crippen LogP contribution in [0.4, 0.5) is 0 Å². The number of hydrogen-bond donors (Lipinski definition) is 2. The van der Waals surface area contributed by atoms with E-state index in [1.807, 2.05) is 11.8 Å². The zero-order valence-corrected chi connectivity index (χ0v) is 17.8. The van der Waals surface area contributed by atoms with Gasteiger partial charge < -0.3 is 25.0 Å². The molecule has 0 aromatic rings. The molecule has 2 heterocycles. The fourth-order valence-corrected chi connectivity index (χ4v) is 3.09. The van der Waals surface area contributed by atoms with Gasteiger partial charge >= 0.3 is 0 Å². The van der Waals surface area contributed by atoms with Crippen molar-refractivity contribution in [3.8, 4) is 0 Å². The number of carbonyl (C=O) groups excluding carboxylic acids is 1. The molecule has 2 fully saturated rings. The zero-order valence-electron chi connectivity index (χ0n) is 15.5. The monoisotopic (exact) mass is 468 g/mol. The third-order valence-corrected chi connectivity index (χ3v) is 4.49. The van der Waals surface area contributed by atoms with Crippen molar-refractivity contribution in [1.82, 2.24) is 15.5 Å². The average Bonchev–Trinajstić information content (AvgIpc) is 3.27. The maximum absolute atomic E-state index is 11.7. The molecule has 0 saturated carbocycles. The first-order chi connectivity index (χ1) is 11.7. The molecule has 8 heteroatoms. The molecular formula is C17H33IN4O3. The van der Waals surface area contributed by atoms with Gasteiger partial charge in [0.2, 0.25) is 5.91 Å². The number of guanidine groups is 1. The third kappa shape index (κ3) is 8.08. The first-order valence-electron chi connectivity index (χ1n) is 9.17. The van der Waals surface area contributed by atoms with E-state index in [0.717, 1.165) is 64.5 Å². The van der Waals surface area contributed by atoms with Gasteiger partial charge in [0, 0.05) is 52.4 Å². The number of nitrogens with zero attached hydrogens (tertiary/aromatic N) is 2. The van der Waals surface area contributed by atoms with Crippen LogP contribution in [0.1, 0.15) is 39.0 Å². The van der Waals surface area contributed by atoms with Crippen molar-refractivity contribution >= 4 is 35.8 Å². The van der Waals surface area contributed by atoms with Gasteiger partial charge in [-0.15, -0.1) is 24.0 Å². The van der Waals surface area contributed by atoms with Crippen LogP contribution in [0.15, 0.2) is 4.99 Å². The summed E-state index contributed by atoms with van der Waals surface area (Å²) in [5.74, 6) is 1.02. The summed E-state index contributed by atoms with van der Waals surface area (Å²) in [4.78, 5) is 17.9. The molecule has 2 aliphatic heterocycles. The SMILES string of the molecule is CCC(=O)N1CCC(NC(=NC)NCCCOCC2CCCO2)C1.I. The van der Waals surface area contributed by atoms with E-state index in [4.69, 9.17) is 9.47 Å². The highest BCUT2D eigenvalue weighted by Crippen LogP contribution is 2.12. The lowest BCUT2D eigenvalue weighted by molar-refractivity contribution is -0.129. The molecule has 0 aromatic heterocycles. The molecule has 2 rings (SSSR count). The lowest BCUT2D eigenvalue weighted by Gasteiger charge is -2.18. The second-order valence-electron chi connectivity index (χ2n) is 6.39. The highest BCUT2D eigenvalue weighted by molar-refractivity contribution is 14.0. The van der Waals surface area contributed by atoms with Gasteiger partial charge in [0.15, 0.2) is 5.96 Å². The molecule has 0 aliphatic carbocycles. The van der Waals surface area contributed by atoms with Gasteiger partial charge in [-0.25, -0.2) is 0 Å². The first-order valence-corrected chi connectivity index (χ1v) is 9.17. The molecule has 0 aromatic carbocycles. The van der Waals surface area contributed by atoms with Crippen LogP contribution in [0.2, 0.25) is 0 Å². The number of aliphatic imine (C=N–C) groups is 1. The van der Waals surface area contributed by atoms with Crippen LogP contribution in [0.3, 0.4) is 0 Å². The van der Waals surface area contributed by atoms with Gasteiger partial charge in [0.05, 0.1) is 12.7 Å². The van der Waals surface area contributed by atoms with Crippen LogP contribution in [-0.4, -0.2) is 75.4 Å². The molecule has 2 N–H and O–H groups in total. The summed E-state index contributed by atoms with van der Waals surface area (Å²) in [6.07, 6.45) is 5.04. The molecule has 7 nitrogen and oxygen atoms in total. The minimum absolute atomic E-state index is 0. The number of likely N-dealkylation sites (tertiary alicyclic amines) is 1. The van der Waals surface area contributed by atoms with Gasteiger partial charge in [0.1, 0.15) is 0 Å². The second kappa shape index (κ2) is 12.7. The molecule has 0 bridgehead atoms. The zero-order chi connectivity index (χ0) is 17.2. The summed E-state index contributed by atoms with van der Waals surface area (Å²) in [6, 6.07) is 0.280. The van der Waals surface area contributed by atoms with E-state index in [2.05, 4.69) is 15.6 Å². The molecule has 2 aliphatic rings. The molecule has 1 amide bonds. The third-order valence-electron chi connectivity index (χ3n) is 4.49. The average molecular weight is 468 g/mol.